The molecule has 0 bridgehead atoms. The van der Waals surface area contributed by atoms with Crippen LogP contribution in [0.15, 0.2) is 42.9 Å². The first kappa shape index (κ1) is 17.6. The molecule has 4 rings (SSSR count). The predicted octanol–water partition coefficient (Wildman–Crippen LogP) is 2.94. The van der Waals surface area contributed by atoms with Crippen LogP contribution in [-0.2, 0) is 11.2 Å². The first-order chi connectivity index (χ1) is 13.2. The third kappa shape index (κ3) is 3.54. The number of aromatic nitrogens is 4. The SMILES string of the molecule is COc1c(-c2nc3cncnc3[nH]2)ccc2cc(OCC[S+](C)[O-])ccc12. The van der Waals surface area contributed by atoms with Crippen LogP contribution < -0.4 is 9.47 Å². The maximum atomic E-state index is 11.2. The summed E-state index contributed by atoms with van der Waals surface area (Å²) in [5.41, 5.74) is 2.23. The van der Waals surface area contributed by atoms with Gasteiger partial charge in [0.2, 0.25) is 0 Å². The number of fused-ring (bicyclic) bond motifs is 2. The third-order valence-electron chi connectivity index (χ3n) is 4.20. The molecule has 0 fully saturated rings. The molecule has 138 valence electrons. The second-order valence-electron chi connectivity index (χ2n) is 6.00. The molecular formula is C19H18N4O3S. The maximum Gasteiger partial charge on any atom is 0.161 e. The largest absolute Gasteiger partial charge is 0.616 e. The molecule has 0 aliphatic heterocycles. The van der Waals surface area contributed by atoms with Gasteiger partial charge in [0, 0.05) is 5.39 Å². The van der Waals surface area contributed by atoms with Gasteiger partial charge in [-0.15, -0.1) is 0 Å². The molecule has 8 heteroatoms. The van der Waals surface area contributed by atoms with E-state index in [9.17, 15) is 4.55 Å². The lowest BCUT2D eigenvalue weighted by Gasteiger charge is -2.12. The molecule has 1 atom stereocenters. The predicted molar refractivity (Wildman–Crippen MR) is 106 cm³/mol. The molecule has 7 nitrogen and oxygen atoms in total. The Labute approximate surface area is 159 Å². The molecule has 0 saturated carbocycles. The summed E-state index contributed by atoms with van der Waals surface area (Å²) in [4.78, 5) is 16.0. The summed E-state index contributed by atoms with van der Waals surface area (Å²) in [6.07, 6.45) is 4.82. The van der Waals surface area contributed by atoms with E-state index in [2.05, 4.69) is 19.9 Å². The van der Waals surface area contributed by atoms with Gasteiger partial charge in [0.25, 0.3) is 0 Å². The van der Waals surface area contributed by atoms with Gasteiger partial charge in [0.05, 0.1) is 25.1 Å². The minimum Gasteiger partial charge on any atom is -0.616 e. The van der Waals surface area contributed by atoms with E-state index in [0.717, 1.165) is 27.8 Å². The van der Waals surface area contributed by atoms with Crippen LogP contribution in [0, 0.1) is 0 Å². The lowest BCUT2D eigenvalue weighted by Crippen LogP contribution is -2.11. The van der Waals surface area contributed by atoms with Crippen molar-refractivity contribution in [2.24, 2.45) is 0 Å². The number of hydrogen-bond acceptors (Lipinski definition) is 6. The maximum absolute atomic E-state index is 11.2. The summed E-state index contributed by atoms with van der Waals surface area (Å²) in [5, 5.41) is 1.94. The second kappa shape index (κ2) is 7.42. The molecular weight excluding hydrogens is 364 g/mol. The highest BCUT2D eigenvalue weighted by Gasteiger charge is 2.15. The molecule has 2 aromatic heterocycles. The first-order valence-corrected chi connectivity index (χ1v) is 10.1. The molecule has 0 spiro atoms. The van der Waals surface area contributed by atoms with Gasteiger partial charge in [-0.1, -0.05) is 17.2 Å². The topological polar surface area (TPSA) is 96.0 Å². The number of nitrogens with one attached hydrogen (secondary N) is 1. The van der Waals surface area contributed by atoms with Crippen molar-refractivity contribution >= 4 is 33.1 Å². The quantitative estimate of drug-likeness (QED) is 0.515. The Morgan fingerprint density at radius 1 is 1.22 bits per heavy atom. The fraction of sp³-hybridized carbons (Fsp3) is 0.211. The van der Waals surface area contributed by atoms with E-state index in [-0.39, 0.29) is 0 Å². The smallest absolute Gasteiger partial charge is 0.161 e. The number of ether oxygens (including phenoxy) is 2. The molecule has 0 aliphatic carbocycles. The van der Waals surface area contributed by atoms with Gasteiger partial charge in [-0.3, -0.25) is 0 Å². The molecule has 4 aromatic rings. The number of H-pyrrole nitrogens is 1. The van der Waals surface area contributed by atoms with E-state index in [1.54, 1.807) is 19.6 Å². The van der Waals surface area contributed by atoms with E-state index in [1.807, 2.05) is 30.3 Å². The van der Waals surface area contributed by atoms with Crippen LogP contribution in [0.4, 0.5) is 0 Å². The molecule has 0 aliphatic rings. The van der Waals surface area contributed by atoms with Crippen molar-refractivity contribution in [3.05, 3.63) is 42.9 Å². The molecule has 0 amide bonds. The summed E-state index contributed by atoms with van der Waals surface area (Å²) >= 11 is -0.868. The fourth-order valence-corrected chi connectivity index (χ4v) is 3.26. The first-order valence-electron chi connectivity index (χ1n) is 8.35. The summed E-state index contributed by atoms with van der Waals surface area (Å²) in [6, 6.07) is 9.74. The number of methoxy groups -OCH3 is 1. The lowest BCUT2D eigenvalue weighted by molar-refractivity contribution is 0.341. The molecule has 0 radical (unpaired) electrons. The van der Waals surface area contributed by atoms with Gasteiger partial charge in [-0.25, -0.2) is 15.0 Å². The van der Waals surface area contributed by atoms with Crippen molar-refractivity contribution in [2.45, 2.75) is 0 Å². The number of rotatable bonds is 6. The van der Waals surface area contributed by atoms with Crippen molar-refractivity contribution in [1.29, 1.82) is 0 Å². The van der Waals surface area contributed by atoms with Crippen molar-refractivity contribution in [3.8, 4) is 22.9 Å². The normalized spacial score (nSPS) is 12.4. The number of hydrogen-bond donors (Lipinski definition) is 1. The van der Waals surface area contributed by atoms with Crippen LogP contribution in [0.5, 0.6) is 11.5 Å². The van der Waals surface area contributed by atoms with Gasteiger partial charge in [0.15, 0.2) is 5.65 Å². The van der Waals surface area contributed by atoms with E-state index >= 15 is 0 Å². The van der Waals surface area contributed by atoms with E-state index in [0.29, 0.717) is 29.3 Å². The van der Waals surface area contributed by atoms with E-state index < -0.39 is 11.2 Å². The highest BCUT2D eigenvalue weighted by atomic mass is 32.2. The minimum atomic E-state index is -0.868. The second-order valence-corrected chi connectivity index (χ2v) is 7.55. The summed E-state index contributed by atoms with van der Waals surface area (Å²) in [5.74, 6) is 2.65. The zero-order valence-corrected chi connectivity index (χ0v) is 15.7. The van der Waals surface area contributed by atoms with Crippen molar-refractivity contribution in [1.82, 2.24) is 19.9 Å². The van der Waals surface area contributed by atoms with Gasteiger partial charge in [0.1, 0.15) is 41.5 Å². The summed E-state index contributed by atoms with van der Waals surface area (Å²) in [7, 11) is 1.64. The Kier molecular flexibility index (Phi) is 4.83. The van der Waals surface area contributed by atoms with Crippen molar-refractivity contribution < 1.29 is 14.0 Å². The number of nitrogens with zero attached hydrogens (tertiary/aromatic N) is 3. The van der Waals surface area contributed by atoms with Crippen LogP contribution in [0.1, 0.15) is 0 Å². The van der Waals surface area contributed by atoms with Gasteiger partial charge >= 0.3 is 0 Å². The van der Waals surface area contributed by atoms with Gasteiger partial charge in [-0.2, -0.15) is 0 Å². The van der Waals surface area contributed by atoms with Gasteiger partial charge < -0.3 is 19.0 Å². The molecule has 0 saturated heterocycles. The number of imidazole rings is 1. The van der Waals surface area contributed by atoms with Crippen molar-refractivity contribution in [2.75, 3.05) is 25.7 Å². The standard InChI is InChI=1S/C19H18N4O3S/c1-25-17-14-6-4-13(26-7-8-27(2)24)9-12(14)3-5-15(17)18-22-16-10-20-11-21-19(16)23-18/h3-6,9-11H,7-8H2,1-2H3,(H,20,21,22,23). The monoisotopic (exact) mass is 382 g/mol. The molecule has 2 heterocycles. The Morgan fingerprint density at radius 3 is 2.89 bits per heavy atom. The van der Waals surface area contributed by atoms with Crippen LogP contribution in [-0.4, -0.2) is 50.2 Å². The average Bonchev–Trinajstić information content (AvgIpc) is 3.10. The minimum absolute atomic E-state index is 0.420. The Hall–Kier alpha value is -2.84. The highest BCUT2D eigenvalue weighted by Crippen LogP contribution is 2.37. The third-order valence-corrected chi connectivity index (χ3v) is 4.94. The Balaban J connectivity index is 1.72. The highest BCUT2D eigenvalue weighted by molar-refractivity contribution is 7.90. The lowest BCUT2D eigenvalue weighted by atomic mass is 10.0. The summed E-state index contributed by atoms with van der Waals surface area (Å²) < 4.78 is 22.5. The molecule has 1 N–H and O–H groups in total. The van der Waals surface area contributed by atoms with Crippen LogP contribution >= 0.6 is 0 Å². The number of aromatic amines is 1. The average molecular weight is 382 g/mol. The Morgan fingerprint density at radius 2 is 2.11 bits per heavy atom. The van der Waals surface area contributed by atoms with Crippen LogP contribution in [0.2, 0.25) is 0 Å². The zero-order chi connectivity index (χ0) is 18.8. The number of benzene rings is 2. The Bertz CT molecular complexity index is 1060. The van der Waals surface area contributed by atoms with E-state index in [1.165, 1.54) is 6.33 Å². The fourth-order valence-electron chi connectivity index (χ4n) is 2.94. The van der Waals surface area contributed by atoms with E-state index in [4.69, 9.17) is 9.47 Å². The van der Waals surface area contributed by atoms with Crippen LogP contribution in [0.3, 0.4) is 0 Å². The van der Waals surface area contributed by atoms with Gasteiger partial charge in [-0.05, 0) is 29.7 Å². The molecule has 27 heavy (non-hydrogen) atoms. The molecule has 2 aromatic carbocycles. The molecule has 1 unspecified atom stereocenters. The summed E-state index contributed by atoms with van der Waals surface area (Å²) in [6.45, 7) is 0.420. The van der Waals surface area contributed by atoms with Crippen molar-refractivity contribution in [3.63, 3.8) is 0 Å². The zero-order valence-electron chi connectivity index (χ0n) is 14.9. The van der Waals surface area contributed by atoms with Crippen LogP contribution in [0.25, 0.3) is 33.3 Å².